The van der Waals surface area contributed by atoms with E-state index in [-0.39, 0.29) is 0 Å². The number of hydrogen-bond donors (Lipinski definition) is 1. The predicted molar refractivity (Wildman–Crippen MR) is 92.7 cm³/mol. The summed E-state index contributed by atoms with van der Waals surface area (Å²) < 4.78 is 5.52. The van der Waals surface area contributed by atoms with Crippen LogP contribution in [0.2, 0.25) is 0 Å². The Morgan fingerprint density at radius 1 is 1.20 bits per heavy atom. The molecule has 0 aliphatic carbocycles. The Labute approximate surface area is 146 Å². The van der Waals surface area contributed by atoms with Gasteiger partial charge in [-0.2, -0.15) is 0 Å². The molecule has 0 atom stereocenters. The molecule has 0 saturated heterocycles. The van der Waals surface area contributed by atoms with Gasteiger partial charge in [-0.1, -0.05) is 11.2 Å². The first kappa shape index (κ1) is 15.7. The lowest BCUT2D eigenvalue weighted by molar-refractivity contribution is 0.226. The Bertz CT molecular complexity index is 848. The minimum atomic E-state index is 0.555. The molecule has 0 saturated carbocycles. The number of pyridine rings is 1. The molecule has 0 spiro atoms. The number of nitrogens with zero attached hydrogens (tertiary/aromatic N) is 5. The van der Waals surface area contributed by atoms with Crippen LogP contribution >= 0.6 is 0 Å². The fourth-order valence-electron chi connectivity index (χ4n) is 3.06. The van der Waals surface area contributed by atoms with Gasteiger partial charge in [0.25, 0.3) is 0 Å². The fourth-order valence-corrected chi connectivity index (χ4v) is 3.06. The number of nitrogens with one attached hydrogen (secondary N) is 1. The van der Waals surface area contributed by atoms with E-state index in [1.807, 2.05) is 13.0 Å². The van der Waals surface area contributed by atoms with Gasteiger partial charge in [-0.15, -0.1) is 0 Å². The molecule has 7 nitrogen and oxygen atoms in total. The lowest BCUT2D eigenvalue weighted by Gasteiger charge is -2.25. The standard InChI is InChI=1S/C18H20N6O/c1-13-4-2-5-14(22-13)11-24-9-6-17-15(12-24)16(23-25-17)10-21-18-19-7-3-8-20-18/h2-5,7-8H,6,9-12H2,1H3,(H,19,20,21). The highest BCUT2D eigenvalue weighted by molar-refractivity contribution is 5.30. The number of aromatic nitrogens is 4. The van der Waals surface area contributed by atoms with Crippen LogP contribution in [0, 0.1) is 6.92 Å². The lowest BCUT2D eigenvalue weighted by Crippen LogP contribution is -2.30. The fraction of sp³-hybridized carbons (Fsp3) is 0.333. The third kappa shape index (κ3) is 3.66. The summed E-state index contributed by atoms with van der Waals surface area (Å²) in [6.07, 6.45) is 4.30. The normalized spacial score (nSPS) is 14.3. The summed E-state index contributed by atoms with van der Waals surface area (Å²) in [6, 6.07) is 7.95. The molecular formula is C18H20N6O. The average Bonchev–Trinajstić information content (AvgIpc) is 3.03. The quantitative estimate of drug-likeness (QED) is 0.766. The minimum absolute atomic E-state index is 0.555. The molecule has 0 amide bonds. The van der Waals surface area contributed by atoms with Gasteiger partial charge in [0.15, 0.2) is 0 Å². The molecule has 3 aromatic heterocycles. The van der Waals surface area contributed by atoms with E-state index in [4.69, 9.17) is 4.52 Å². The van der Waals surface area contributed by atoms with Crippen LogP contribution in [0.4, 0.5) is 5.95 Å². The van der Waals surface area contributed by atoms with E-state index in [9.17, 15) is 0 Å². The SMILES string of the molecule is Cc1cccc(CN2CCc3onc(CNc4ncccn4)c3C2)n1. The molecule has 4 rings (SSSR count). The molecular weight excluding hydrogens is 316 g/mol. The van der Waals surface area contributed by atoms with Crippen molar-refractivity contribution in [2.75, 3.05) is 11.9 Å². The van der Waals surface area contributed by atoms with Crippen LogP contribution in [-0.4, -0.2) is 31.6 Å². The molecule has 0 unspecified atom stereocenters. The van der Waals surface area contributed by atoms with Crippen molar-refractivity contribution >= 4 is 5.95 Å². The van der Waals surface area contributed by atoms with E-state index < -0.39 is 0 Å². The van der Waals surface area contributed by atoms with Crippen LogP contribution in [-0.2, 0) is 26.1 Å². The van der Waals surface area contributed by atoms with Gasteiger partial charge in [0.05, 0.1) is 12.2 Å². The molecule has 1 N–H and O–H groups in total. The van der Waals surface area contributed by atoms with Gasteiger partial charge in [-0.25, -0.2) is 9.97 Å². The first-order valence-electron chi connectivity index (χ1n) is 8.40. The summed E-state index contributed by atoms with van der Waals surface area (Å²) in [4.78, 5) is 15.3. The Kier molecular flexibility index (Phi) is 4.39. The van der Waals surface area contributed by atoms with Crippen LogP contribution in [0.3, 0.4) is 0 Å². The zero-order chi connectivity index (χ0) is 17.1. The topological polar surface area (TPSA) is 80.0 Å². The predicted octanol–water partition coefficient (Wildman–Crippen LogP) is 2.34. The van der Waals surface area contributed by atoms with Gasteiger partial charge in [0.2, 0.25) is 5.95 Å². The third-order valence-corrected chi connectivity index (χ3v) is 4.30. The number of anilines is 1. The number of rotatable bonds is 5. The van der Waals surface area contributed by atoms with Crippen molar-refractivity contribution in [1.82, 2.24) is 25.0 Å². The summed E-state index contributed by atoms with van der Waals surface area (Å²) in [5.41, 5.74) is 4.23. The Morgan fingerprint density at radius 3 is 2.92 bits per heavy atom. The van der Waals surface area contributed by atoms with Gasteiger partial charge < -0.3 is 9.84 Å². The lowest BCUT2D eigenvalue weighted by atomic mass is 10.1. The van der Waals surface area contributed by atoms with Crippen molar-refractivity contribution in [3.63, 3.8) is 0 Å². The molecule has 3 aromatic rings. The van der Waals surface area contributed by atoms with Gasteiger partial charge in [0.1, 0.15) is 11.5 Å². The second kappa shape index (κ2) is 6.98. The van der Waals surface area contributed by atoms with Gasteiger partial charge >= 0.3 is 0 Å². The molecule has 0 aromatic carbocycles. The maximum Gasteiger partial charge on any atom is 0.222 e. The summed E-state index contributed by atoms with van der Waals surface area (Å²) in [7, 11) is 0. The zero-order valence-electron chi connectivity index (χ0n) is 14.1. The Hall–Kier alpha value is -2.80. The summed E-state index contributed by atoms with van der Waals surface area (Å²) in [6.45, 7) is 5.18. The first-order chi connectivity index (χ1) is 12.3. The minimum Gasteiger partial charge on any atom is -0.361 e. The molecule has 0 radical (unpaired) electrons. The van der Waals surface area contributed by atoms with E-state index >= 15 is 0 Å². The smallest absolute Gasteiger partial charge is 0.222 e. The highest BCUT2D eigenvalue weighted by atomic mass is 16.5. The van der Waals surface area contributed by atoms with Crippen molar-refractivity contribution in [2.45, 2.75) is 33.0 Å². The number of hydrogen-bond acceptors (Lipinski definition) is 7. The highest BCUT2D eigenvalue weighted by Gasteiger charge is 2.24. The maximum atomic E-state index is 5.52. The van der Waals surface area contributed by atoms with E-state index in [1.54, 1.807) is 18.5 Å². The van der Waals surface area contributed by atoms with Crippen LogP contribution < -0.4 is 5.32 Å². The molecule has 0 bridgehead atoms. The van der Waals surface area contributed by atoms with Crippen LogP contribution in [0.5, 0.6) is 0 Å². The van der Waals surface area contributed by atoms with E-state index in [0.29, 0.717) is 12.5 Å². The average molecular weight is 336 g/mol. The van der Waals surface area contributed by atoms with Crippen molar-refractivity contribution < 1.29 is 4.52 Å². The van der Waals surface area contributed by atoms with Crippen molar-refractivity contribution in [1.29, 1.82) is 0 Å². The van der Waals surface area contributed by atoms with Crippen molar-refractivity contribution in [3.8, 4) is 0 Å². The van der Waals surface area contributed by atoms with Gasteiger partial charge in [-0.05, 0) is 25.1 Å². The van der Waals surface area contributed by atoms with Gasteiger partial charge in [0, 0.05) is 49.7 Å². The highest BCUT2D eigenvalue weighted by Crippen LogP contribution is 2.24. The van der Waals surface area contributed by atoms with Crippen LogP contribution in [0.25, 0.3) is 0 Å². The van der Waals surface area contributed by atoms with E-state index in [2.05, 4.69) is 42.5 Å². The largest absolute Gasteiger partial charge is 0.361 e. The van der Waals surface area contributed by atoms with E-state index in [0.717, 1.165) is 48.9 Å². The summed E-state index contributed by atoms with van der Waals surface area (Å²) >= 11 is 0. The molecule has 1 aliphatic rings. The molecule has 0 fully saturated rings. The Morgan fingerprint density at radius 2 is 2.08 bits per heavy atom. The van der Waals surface area contributed by atoms with Crippen LogP contribution in [0.1, 0.15) is 28.4 Å². The maximum absolute atomic E-state index is 5.52. The Balaban J connectivity index is 1.44. The zero-order valence-corrected chi connectivity index (χ0v) is 14.1. The molecule has 4 heterocycles. The van der Waals surface area contributed by atoms with E-state index in [1.165, 1.54) is 5.56 Å². The number of fused-ring (bicyclic) bond motifs is 1. The first-order valence-corrected chi connectivity index (χ1v) is 8.40. The third-order valence-electron chi connectivity index (χ3n) is 4.30. The van der Waals surface area contributed by atoms with Crippen molar-refractivity contribution in [2.24, 2.45) is 0 Å². The number of aryl methyl sites for hydroxylation is 1. The second-order valence-electron chi connectivity index (χ2n) is 6.19. The summed E-state index contributed by atoms with van der Waals surface area (Å²) in [5, 5.41) is 7.43. The summed E-state index contributed by atoms with van der Waals surface area (Å²) in [5.74, 6) is 1.58. The monoisotopic (exact) mass is 336 g/mol. The van der Waals surface area contributed by atoms with Crippen LogP contribution in [0.15, 0.2) is 41.2 Å². The molecule has 25 heavy (non-hydrogen) atoms. The van der Waals surface area contributed by atoms with Crippen molar-refractivity contribution in [3.05, 3.63) is 65.1 Å². The molecule has 128 valence electrons. The molecule has 7 heteroatoms. The molecule has 1 aliphatic heterocycles. The van der Waals surface area contributed by atoms with Gasteiger partial charge in [-0.3, -0.25) is 9.88 Å². The second-order valence-corrected chi connectivity index (χ2v) is 6.19.